The fourth-order valence-electron chi connectivity index (χ4n) is 6.58. The highest BCUT2D eigenvalue weighted by molar-refractivity contribution is 6.32. The van der Waals surface area contributed by atoms with Crippen molar-refractivity contribution < 1.29 is 32.4 Å². The number of Topliss-reactive ketones (excluding diaryl/α,β-unsaturated/α-hetero) is 2. The van der Waals surface area contributed by atoms with E-state index in [0.29, 0.717) is 61.1 Å². The van der Waals surface area contributed by atoms with E-state index in [1.165, 1.54) is 6.07 Å². The number of ether oxygens (including phenoxy) is 1. The third-order valence-corrected chi connectivity index (χ3v) is 8.63. The van der Waals surface area contributed by atoms with E-state index in [0.717, 1.165) is 17.5 Å². The summed E-state index contributed by atoms with van der Waals surface area (Å²) in [6.07, 6.45) is -2.79. The second-order valence-corrected chi connectivity index (χ2v) is 13.4. The van der Waals surface area contributed by atoms with Crippen LogP contribution < -0.4 is 4.74 Å². The number of alkyl halides is 3. The lowest BCUT2D eigenvalue weighted by Gasteiger charge is -2.48. The molecule has 3 aliphatic rings. The van der Waals surface area contributed by atoms with E-state index in [9.17, 15) is 32.9 Å². The van der Waals surface area contributed by atoms with E-state index < -0.39 is 34.0 Å². The van der Waals surface area contributed by atoms with Crippen LogP contribution in [-0.4, -0.2) is 27.9 Å². The van der Waals surface area contributed by atoms with Crippen molar-refractivity contribution in [1.29, 1.82) is 0 Å². The molecule has 7 nitrogen and oxygen atoms in total. The molecular formula is C32H32ClF3N2O5. The highest BCUT2D eigenvalue weighted by Crippen LogP contribution is 2.55. The molecule has 0 radical (unpaired) electrons. The largest absolute Gasteiger partial charge is 0.449 e. The van der Waals surface area contributed by atoms with Crippen LogP contribution in [0.15, 0.2) is 58.9 Å². The Hall–Kier alpha value is -3.66. The van der Waals surface area contributed by atoms with Gasteiger partial charge in [-0.3, -0.25) is 19.7 Å². The number of nitrogens with zero attached hydrogens (tertiary/aromatic N) is 2. The van der Waals surface area contributed by atoms with Crippen molar-refractivity contribution in [2.24, 2.45) is 10.8 Å². The van der Waals surface area contributed by atoms with Gasteiger partial charge in [-0.2, -0.15) is 13.2 Å². The van der Waals surface area contributed by atoms with E-state index in [1.807, 2.05) is 6.92 Å². The van der Waals surface area contributed by atoms with Gasteiger partial charge in [0.05, 0.1) is 15.5 Å². The fraction of sp³-hybridized carbons (Fsp3) is 0.438. The number of hydrogen-bond acceptors (Lipinski definition) is 6. The minimum absolute atomic E-state index is 0.0186. The Morgan fingerprint density at radius 3 is 1.93 bits per heavy atom. The molecular weight excluding hydrogens is 585 g/mol. The summed E-state index contributed by atoms with van der Waals surface area (Å²) in [7, 11) is 0. The number of carbonyl (C=O) groups excluding carboxylic acids is 2. The fourth-order valence-corrected chi connectivity index (χ4v) is 6.81. The first-order valence-corrected chi connectivity index (χ1v) is 14.4. The van der Waals surface area contributed by atoms with Gasteiger partial charge >= 0.3 is 11.9 Å². The van der Waals surface area contributed by atoms with Crippen LogP contribution in [-0.2, 0) is 15.8 Å². The topological polar surface area (TPSA) is 89.8 Å². The van der Waals surface area contributed by atoms with E-state index in [4.69, 9.17) is 16.3 Å². The number of carbonyl (C=O) groups is 2. The predicted molar refractivity (Wildman–Crippen MR) is 155 cm³/mol. The molecule has 11 heteroatoms. The second kappa shape index (κ2) is 10.5. The molecule has 2 aromatic carbocycles. The first-order valence-electron chi connectivity index (χ1n) is 14.1. The SMILES string of the molecule is CCN1C2=C(C(=O)CC(C)(C)C2)C(c2ccc(Oc3ccc(C(F)(F)F)cc3[N+](=O)[O-])c(Cl)c2)C2=C1CC(C)(C)CC2=O. The van der Waals surface area contributed by atoms with Gasteiger partial charge in [-0.25, -0.2) is 0 Å². The molecule has 0 amide bonds. The van der Waals surface area contributed by atoms with Crippen molar-refractivity contribution in [2.45, 2.75) is 72.4 Å². The zero-order valence-electron chi connectivity index (χ0n) is 24.5. The smallest absolute Gasteiger partial charge is 0.416 e. The highest BCUT2D eigenvalue weighted by atomic mass is 35.5. The first kappa shape index (κ1) is 30.8. The third kappa shape index (κ3) is 5.69. The molecule has 5 rings (SSSR count). The van der Waals surface area contributed by atoms with Gasteiger partial charge in [0.25, 0.3) is 0 Å². The zero-order chi connectivity index (χ0) is 31.6. The third-order valence-electron chi connectivity index (χ3n) is 8.33. The lowest BCUT2D eigenvalue weighted by molar-refractivity contribution is -0.385. The van der Waals surface area contributed by atoms with Crippen molar-refractivity contribution in [3.63, 3.8) is 0 Å². The van der Waals surface area contributed by atoms with E-state index in [1.54, 1.807) is 12.1 Å². The summed E-state index contributed by atoms with van der Waals surface area (Å²) < 4.78 is 45.1. The maximum atomic E-state index is 13.8. The Balaban J connectivity index is 1.61. The normalized spacial score (nSPS) is 20.3. The number of halogens is 4. The molecule has 0 aromatic heterocycles. The molecule has 2 aromatic rings. The van der Waals surface area contributed by atoms with Crippen LogP contribution in [0.4, 0.5) is 18.9 Å². The molecule has 0 saturated heterocycles. The summed E-state index contributed by atoms with van der Waals surface area (Å²) in [6.45, 7) is 10.8. The molecule has 2 aliphatic carbocycles. The van der Waals surface area contributed by atoms with Crippen LogP contribution in [0.5, 0.6) is 11.5 Å². The number of nitro benzene ring substituents is 1. The van der Waals surface area contributed by atoms with E-state index in [2.05, 4.69) is 32.6 Å². The summed E-state index contributed by atoms with van der Waals surface area (Å²) in [5.41, 5.74) is 1.02. The number of nitro groups is 1. The minimum Gasteiger partial charge on any atom is -0.449 e. The average Bonchev–Trinajstić information content (AvgIpc) is 2.86. The lowest BCUT2D eigenvalue weighted by Crippen LogP contribution is -2.44. The number of hydrogen-bond donors (Lipinski definition) is 0. The minimum atomic E-state index is -4.77. The summed E-state index contributed by atoms with van der Waals surface area (Å²) in [5.74, 6) is -1.14. The molecule has 0 fully saturated rings. The monoisotopic (exact) mass is 616 g/mol. The van der Waals surface area contributed by atoms with Crippen LogP contribution in [0.1, 0.15) is 77.3 Å². The molecule has 1 heterocycles. The van der Waals surface area contributed by atoms with Gasteiger partial charge in [-0.1, -0.05) is 45.4 Å². The number of rotatable bonds is 5. The molecule has 0 atom stereocenters. The van der Waals surface area contributed by atoms with Crippen molar-refractivity contribution in [1.82, 2.24) is 4.90 Å². The van der Waals surface area contributed by atoms with Gasteiger partial charge < -0.3 is 9.64 Å². The van der Waals surface area contributed by atoms with Crippen molar-refractivity contribution in [2.75, 3.05) is 6.54 Å². The molecule has 0 unspecified atom stereocenters. The molecule has 43 heavy (non-hydrogen) atoms. The van der Waals surface area contributed by atoms with Gasteiger partial charge in [0.2, 0.25) is 5.75 Å². The molecule has 0 N–H and O–H groups in total. The Labute approximate surface area is 252 Å². The zero-order valence-corrected chi connectivity index (χ0v) is 25.3. The van der Waals surface area contributed by atoms with Crippen LogP contribution in [0.3, 0.4) is 0 Å². The highest BCUT2D eigenvalue weighted by Gasteiger charge is 2.48. The van der Waals surface area contributed by atoms with Crippen molar-refractivity contribution in [3.8, 4) is 11.5 Å². The molecule has 0 bridgehead atoms. The maximum absolute atomic E-state index is 13.8. The lowest BCUT2D eigenvalue weighted by atomic mass is 9.63. The Bertz CT molecular complexity index is 1570. The first-order chi connectivity index (χ1) is 19.9. The molecule has 228 valence electrons. The van der Waals surface area contributed by atoms with Crippen LogP contribution in [0.2, 0.25) is 5.02 Å². The molecule has 0 saturated carbocycles. The molecule has 1 aliphatic heterocycles. The van der Waals surface area contributed by atoms with E-state index >= 15 is 0 Å². The van der Waals surface area contributed by atoms with E-state index in [-0.39, 0.29) is 33.2 Å². The van der Waals surface area contributed by atoms with Crippen molar-refractivity contribution >= 4 is 28.9 Å². The Kier molecular flexibility index (Phi) is 7.52. The summed E-state index contributed by atoms with van der Waals surface area (Å²) in [6, 6.07) is 6.66. The standard InChI is InChI=1S/C32H32ClF3N2O5/c1-6-37-21-13-30(2,3)15-23(39)28(21)27(29-22(37)14-31(4,5)16-24(29)40)17-7-9-25(19(33)11-17)43-26-10-8-18(32(34,35)36)12-20(26)38(41)42/h7-12,27H,6,13-16H2,1-5H3. The van der Waals surface area contributed by atoms with Crippen LogP contribution >= 0.6 is 11.6 Å². The number of allylic oxidation sites excluding steroid dienone is 4. The van der Waals surface area contributed by atoms with Crippen molar-refractivity contribution in [3.05, 3.63) is 85.2 Å². The van der Waals surface area contributed by atoms with Crippen LogP contribution in [0, 0.1) is 20.9 Å². The summed E-state index contributed by atoms with van der Waals surface area (Å²) in [4.78, 5) is 40.3. The van der Waals surface area contributed by atoms with Gasteiger partial charge in [0.1, 0.15) is 5.75 Å². The maximum Gasteiger partial charge on any atom is 0.416 e. The number of benzene rings is 2. The van der Waals surface area contributed by atoms with Gasteiger partial charge in [0.15, 0.2) is 11.6 Å². The average molecular weight is 617 g/mol. The van der Waals surface area contributed by atoms with Crippen LogP contribution in [0.25, 0.3) is 0 Å². The van der Waals surface area contributed by atoms with Gasteiger partial charge in [-0.05, 0) is 60.4 Å². The van der Waals surface area contributed by atoms with Gasteiger partial charge in [0, 0.05) is 53.9 Å². The summed E-state index contributed by atoms with van der Waals surface area (Å²) in [5, 5.41) is 11.6. The number of ketones is 2. The Morgan fingerprint density at radius 1 is 0.930 bits per heavy atom. The molecule has 0 spiro atoms. The summed E-state index contributed by atoms with van der Waals surface area (Å²) >= 11 is 6.62. The quantitative estimate of drug-likeness (QED) is 0.246. The predicted octanol–water partition coefficient (Wildman–Crippen LogP) is 8.76. The Morgan fingerprint density at radius 2 is 1.47 bits per heavy atom. The van der Waals surface area contributed by atoms with Gasteiger partial charge in [-0.15, -0.1) is 0 Å². The second-order valence-electron chi connectivity index (χ2n) is 13.0.